The van der Waals surface area contributed by atoms with E-state index < -0.39 is 12.8 Å². The SMILES string of the molecule is CCNC(=NCc1ccnc(OCC(F)(F)F)c1)Nc1cccc(OCCCOC)c1. The van der Waals surface area contributed by atoms with Gasteiger partial charge in [-0.25, -0.2) is 9.98 Å². The van der Waals surface area contributed by atoms with E-state index in [-0.39, 0.29) is 12.4 Å². The summed E-state index contributed by atoms with van der Waals surface area (Å²) in [6, 6.07) is 10.6. The summed E-state index contributed by atoms with van der Waals surface area (Å²) in [5.74, 6) is 1.15. The fourth-order valence-corrected chi connectivity index (χ4v) is 2.45. The van der Waals surface area contributed by atoms with Crippen LogP contribution in [0.25, 0.3) is 0 Å². The molecular formula is C21H27F3N4O3. The lowest BCUT2D eigenvalue weighted by atomic mass is 10.2. The van der Waals surface area contributed by atoms with Crippen molar-refractivity contribution in [3.05, 3.63) is 48.2 Å². The van der Waals surface area contributed by atoms with E-state index in [9.17, 15) is 13.2 Å². The minimum atomic E-state index is -4.42. The highest BCUT2D eigenvalue weighted by Crippen LogP contribution is 2.19. The van der Waals surface area contributed by atoms with Crippen molar-refractivity contribution >= 4 is 11.6 Å². The predicted molar refractivity (Wildman–Crippen MR) is 113 cm³/mol. The van der Waals surface area contributed by atoms with Crippen LogP contribution in [0, 0.1) is 0 Å². The number of nitrogens with one attached hydrogen (secondary N) is 2. The topological polar surface area (TPSA) is 77.0 Å². The maximum atomic E-state index is 12.3. The monoisotopic (exact) mass is 440 g/mol. The van der Waals surface area contributed by atoms with Crippen LogP contribution in [0.2, 0.25) is 0 Å². The van der Waals surface area contributed by atoms with Gasteiger partial charge in [-0.05, 0) is 30.7 Å². The number of guanidine groups is 1. The van der Waals surface area contributed by atoms with Crippen molar-refractivity contribution in [3.63, 3.8) is 0 Å². The standard InChI is InChI=1S/C21H27F3N4O3/c1-3-25-20(28-17-6-4-7-18(13-17)30-11-5-10-29-2)27-14-16-8-9-26-19(12-16)31-15-21(22,23)24/h4,6-9,12-13H,3,5,10-11,14-15H2,1-2H3,(H2,25,27,28). The summed E-state index contributed by atoms with van der Waals surface area (Å²) in [4.78, 5) is 8.27. The van der Waals surface area contributed by atoms with Crippen LogP contribution >= 0.6 is 0 Å². The molecule has 0 bridgehead atoms. The molecule has 0 aliphatic carbocycles. The molecule has 0 radical (unpaired) electrons. The summed E-state index contributed by atoms with van der Waals surface area (Å²) in [6.07, 6.45) is -2.24. The number of alkyl halides is 3. The molecule has 170 valence electrons. The van der Waals surface area contributed by atoms with E-state index in [4.69, 9.17) is 9.47 Å². The van der Waals surface area contributed by atoms with Crippen molar-refractivity contribution < 1.29 is 27.4 Å². The molecule has 0 spiro atoms. The first kappa shape index (κ1) is 24.3. The molecule has 2 N–H and O–H groups in total. The molecule has 0 saturated carbocycles. The van der Waals surface area contributed by atoms with Gasteiger partial charge in [0.1, 0.15) is 5.75 Å². The highest BCUT2D eigenvalue weighted by molar-refractivity contribution is 5.93. The molecule has 1 aromatic heterocycles. The fraction of sp³-hybridized carbons (Fsp3) is 0.429. The Bertz CT molecular complexity index is 832. The first-order chi connectivity index (χ1) is 14.9. The lowest BCUT2D eigenvalue weighted by Crippen LogP contribution is -2.30. The third-order valence-corrected chi connectivity index (χ3v) is 3.81. The lowest BCUT2D eigenvalue weighted by molar-refractivity contribution is -0.154. The van der Waals surface area contributed by atoms with Gasteiger partial charge in [0.15, 0.2) is 12.6 Å². The van der Waals surface area contributed by atoms with E-state index in [1.165, 1.54) is 12.3 Å². The Hall–Kier alpha value is -3.01. The van der Waals surface area contributed by atoms with Crippen molar-refractivity contribution in [2.45, 2.75) is 26.1 Å². The van der Waals surface area contributed by atoms with Crippen LogP contribution in [0.5, 0.6) is 11.6 Å². The predicted octanol–water partition coefficient (Wildman–Crippen LogP) is 4.02. The van der Waals surface area contributed by atoms with Crippen molar-refractivity contribution in [2.24, 2.45) is 4.99 Å². The van der Waals surface area contributed by atoms with E-state index in [1.807, 2.05) is 31.2 Å². The molecule has 0 aliphatic heterocycles. The van der Waals surface area contributed by atoms with Crippen LogP contribution in [0.15, 0.2) is 47.6 Å². The van der Waals surface area contributed by atoms with Crippen molar-refractivity contribution in [1.29, 1.82) is 0 Å². The second kappa shape index (κ2) is 12.6. The first-order valence-electron chi connectivity index (χ1n) is 9.81. The van der Waals surface area contributed by atoms with Gasteiger partial charge < -0.3 is 24.8 Å². The molecule has 1 heterocycles. The van der Waals surface area contributed by atoms with E-state index in [0.29, 0.717) is 31.3 Å². The molecule has 2 rings (SSSR count). The van der Waals surface area contributed by atoms with Gasteiger partial charge in [-0.1, -0.05) is 6.07 Å². The fourth-order valence-electron chi connectivity index (χ4n) is 2.45. The maximum absolute atomic E-state index is 12.3. The molecular weight excluding hydrogens is 413 g/mol. The number of pyridine rings is 1. The van der Waals surface area contributed by atoms with Crippen molar-refractivity contribution in [1.82, 2.24) is 10.3 Å². The Labute approximate surface area is 179 Å². The largest absolute Gasteiger partial charge is 0.493 e. The van der Waals surface area contributed by atoms with E-state index in [1.54, 1.807) is 13.2 Å². The van der Waals surface area contributed by atoms with Crippen LogP contribution in [-0.2, 0) is 11.3 Å². The zero-order chi connectivity index (χ0) is 22.5. The maximum Gasteiger partial charge on any atom is 0.422 e. The molecule has 10 heteroatoms. The zero-order valence-electron chi connectivity index (χ0n) is 17.5. The van der Waals surface area contributed by atoms with Gasteiger partial charge in [-0.2, -0.15) is 13.2 Å². The minimum Gasteiger partial charge on any atom is -0.493 e. The van der Waals surface area contributed by atoms with E-state index in [0.717, 1.165) is 17.9 Å². The molecule has 0 amide bonds. The molecule has 0 aliphatic rings. The number of hydrogen-bond donors (Lipinski definition) is 2. The van der Waals surface area contributed by atoms with E-state index >= 15 is 0 Å². The van der Waals surface area contributed by atoms with Crippen LogP contribution in [0.1, 0.15) is 18.9 Å². The quantitative estimate of drug-likeness (QED) is 0.312. The zero-order valence-corrected chi connectivity index (χ0v) is 17.5. The first-order valence-corrected chi connectivity index (χ1v) is 9.81. The number of nitrogens with zero attached hydrogens (tertiary/aromatic N) is 2. The van der Waals surface area contributed by atoms with E-state index in [2.05, 4.69) is 25.3 Å². The highest BCUT2D eigenvalue weighted by atomic mass is 19.4. The molecule has 0 saturated heterocycles. The summed E-state index contributed by atoms with van der Waals surface area (Å²) < 4.78 is 52.3. The van der Waals surface area contributed by atoms with Gasteiger partial charge in [0.2, 0.25) is 5.88 Å². The normalized spacial score (nSPS) is 11.8. The minimum absolute atomic E-state index is 0.0960. The Balaban J connectivity index is 1.99. The number of halogens is 3. The van der Waals surface area contributed by atoms with Crippen molar-refractivity contribution in [2.75, 3.05) is 38.8 Å². The smallest absolute Gasteiger partial charge is 0.422 e. The molecule has 0 atom stereocenters. The summed E-state index contributed by atoms with van der Waals surface area (Å²) in [7, 11) is 1.65. The molecule has 7 nitrogen and oxygen atoms in total. The highest BCUT2D eigenvalue weighted by Gasteiger charge is 2.28. The van der Waals surface area contributed by atoms with Crippen LogP contribution in [-0.4, -0.2) is 50.6 Å². The van der Waals surface area contributed by atoms with Crippen LogP contribution in [0.4, 0.5) is 18.9 Å². The second-order valence-corrected chi connectivity index (χ2v) is 6.45. The average molecular weight is 440 g/mol. The Morgan fingerprint density at radius 3 is 2.71 bits per heavy atom. The molecule has 1 aromatic carbocycles. The van der Waals surface area contributed by atoms with Gasteiger partial charge in [-0.15, -0.1) is 0 Å². The number of hydrogen-bond acceptors (Lipinski definition) is 5. The molecule has 2 aromatic rings. The third-order valence-electron chi connectivity index (χ3n) is 3.81. The average Bonchev–Trinajstić information content (AvgIpc) is 2.74. The number of benzene rings is 1. The van der Waals surface area contributed by atoms with Crippen LogP contribution < -0.4 is 20.1 Å². The van der Waals surface area contributed by atoms with Gasteiger partial charge in [0, 0.05) is 50.7 Å². The summed E-state index contributed by atoms with van der Waals surface area (Å²) in [5.41, 5.74) is 1.45. The molecule has 0 unspecified atom stereocenters. The summed E-state index contributed by atoms with van der Waals surface area (Å²) in [5, 5.41) is 6.32. The van der Waals surface area contributed by atoms with Crippen molar-refractivity contribution in [3.8, 4) is 11.6 Å². The molecule has 0 fully saturated rings. The molecule has 31 heavy (non-hydrogen) atoms. The third kappa shape index (κ3) is 10.0. The number of aliphatic imine (C=N–C) groups is 1. The second-order valence-electron chi connectivity index (χ2n) is 6.45. The van der Waals surface area contributed by atoms with Gasteiger partial charge in [-0.3, -0.25) is 0 Å². The number of anilines is 1. The number of methoxy groups -OCH3 is 1. The Morgan fingerprint density at radius 1 is 1.13 bits per heavy atom. The lowest BCUT2D eigenvalue weighted by Gasteiger charge is -2.13. The number of aromatic nitrogens is 1. The van der Waals surface area contributed by atoms with Gasteiger partial charge in [0.05, 0.1) is 13.2 Å². The van der Waals surface area contributed by atoms with Gasteiger partial charge >= 0.3 is 6.18 Å². The van der Waals surface area contributed by atoms with Gasteiger partial charge in [0.25, 0.3) is 0 Å². The van der Waals surface area contributed by atoms with Crippen LogP contribution in [0.3, 0.4) is 0 Å². The Kier molecular flexibility index (Phi) is 9.89. The summed E-state index contributed by atoms with van der Waals surface area (Å²) in [6.45, 7) is 2.59. The number of ether oxygens (including phenoxy) is 3. The number of rotatable bonds is 11. The Morgan fingerprint density at radius 2 is 1.97 bits per heavy atom. The summed E-state index contributed by atoms with van der Waals surface area (Å²) >= 11 is 0.